The summed E-state index contributed by atoms with van der Waals surface area (Å²) in [6.07, 6.45) is 2.44. The number of aromatic nitrogens is 3. The van der Waals surface area contributed by atoms with Gasteiger partial charge in [-0.15, -0.1) is 0 Å². The number of nitrogens with one attached hydrogen (secondary N) is 1. The van der Waals surface area contributed by atoms with Gasteiger partial charge in [0.05, 0.1) is 0 Å². The minimum Gasteiger partial charge on any atom is -0.356 e. The quantitative estimate of drug-likeness (QED) is 0.497. The van der Waals surface area contributed by atoms with E-state index in [4.69, 9.17) is 16.1 Å². The Morgan fingerprint density at radius 2 is 2.03 bits per heavy atom. The zero-order chi connectivity index (χ0) is 20.8. The molecule has 0 aliphatic carbocycles. The van der Waals surface area contributed by atoms with Crippen molar-refractivity contribution in [2.24, 2.45) is 4.99 Å². The maximum absolute atomic E-state index is 6.03. The summed E-state index contributed by atoms with van der Waals surface area (Å²) < 4.78 is 5.37. The predicted molar refractivity (Wildman–Crippen MR) is 118 cm³/mol. The van der Waals surface area contributed by atoms with Crippen molar-refractivity contribution in [3.05, 3.63) is 59.6 Å². The highest BCUT2D eigenvalue weighted by atomic mass is 35.5. The molecule has 1 saturated heterocycles. The van der Waals surface area contributed by atoms with Crippen molar-refractivity contribution in [2.45, 2.75) is 6.42 Å². The minimum absolute atomic E-state index is 0.544. The van der Waals surface area contributed by atoms with E-state index in [-0.39, 0.29) is 0 Å². The molecule has 0 spiro atoms. The number of hydrogen-bond donors (Lipinski definition) is 1. The first kappa shape index (κ1) is 20.2. The molecular formula is C21H24ClN7O. The van der Waals surface area contributed by atoms with E-state index in [1.165, 1.54) is 0 Å². The van der Waals surface area contributed by atoms with Crippen LogP contribution in [0.2, 0.25) is 5.02 Å². The average Bonchev–Trinajstić information content (AvgIpc) is 3.27. The number of pyridine rings is 1. The van der Waals surface area contributed by atoms with Crippen LogP contribution in [0.3, 0.4) is 0 Å². The van der Waals surface area contributed by atoms with Crippen LogP contribution in [0.1, 0.15) is 5.89 Å². The Morgan fingerprint density at radius 1 is 1.17 bits per heavy atom. The summed E-state index contributed by atoms with van der Waals surface area (Å²) in [5.41, 5.74) is 0.840. The molecule has 0 saturated carbocycles. The van der Waals surface area contributed by atoms with Crippen molar-refractivity contribution in [1.82, 2.24) is 25.3 Å². The molecule has 1 fully saturated rings. The molecule has 1 aromatic carbocycles. The van der Waals surface area contributed by atoms with Gasteiger partial charge in [0.15, 0.2) is 5.96 Å². The second kappa shape index (κ2) is 9.58. The topological polar surface area (TPSA) is 82.7 Å². The minimum atomic E-state index is 0.544. The lowest BCUT2D eigenvalue weighted by Gasteiger charge is -2.37. The molecule has 9 heteroatoms. The average molecular weight is 426 g/mol. The van der Waals surface area contributed by atoms with E-state index in [1.807, 2.05) is 48.7 Å². The molecule has 3 aromatic rings. The Bertz CT molecular complexity index is 984. The van der Waals surface area contributed by atoms with Crippen molar-refractivity contribution < 1.29 is 4.52 Å². The standard InChI is InChI=1S/C21H24ClN7O/c1-23-21(29-13-11-28(12-14-29)18-7-2-3-9-24-18)25-10-8-19-26-20(27-30-19)16-5-4-6-17(22)15-16/h2-7,9,15H,8,10-14H2,1H3,(H,23,25). The molecule has 0 unspecified atom stereocenters. The van der Waals surface area contributed by atoms with Crippen LogP contribution >= 0.6 is 11.6 Å². The van der Waals surface area contributed by atoms with Gasteiger partial charge < -0.3 is 19.6 Å². The van der Waals surface area contributed by atoms with E-state index in [1.54, 1.807) is 7.05 Å². The summed E-state index contributed by atoms with van der Waals surface area (Å²) >= 11 is 6.03. The van der Waals surface area contributed by atoms with Gasteiger partial charge >= 0.3 is 0 Å². The lowest BCUT2D eigenvalue weighted by molar-refractivity contribution is 0.364. The summed E-state index contributed by atoms with van der Waals surface area (Å²) in [5.74, 6) is 3.02. The van der Waals surface area contributed by atoms with E-state index in [0.717, 1.165) is 43.5 Å². The Hall–Kier alpha value is -3.13. The zero-order valence-electron chi connectivity index (χ0n) is 16.8. The smallest absolute Gasteiger partial charge is 0.228 e. The van der Waals surface area contributed by atoms with Gasteiger partial charge in [0, 0.05) is 63.0 Å². The monoisotopic (exact) mass is 425 g/mol. The van der Waals surface area contributed by atoms with Gasteiger partial charge in [0.25, 0.3) is 0 Å². The van der Waals surface area contributed by atoms with Crippen LogP contribution in [0.5, 0.6) is 0 Å². The van der Waals surface area contributed by atoms with Crippen LogP contribution in [-0.2, 0) is 6.42 Å². The van der Waals surface area contributed by atoms with Gasteiger partial charge in [-0.3, -0.25) is 4.99 Å². The molecule has 1 aliphatic heterocycles. The molecule has 3 heterocycles. The first-order valence-electron chi connectivity index (χ1n) is 9.93. The highest BCUT2D eigenvalue weighted by Crippen LogP contribution is 2.20. The second-order valence-electron chi connectivity index (χ2n) is 6.91. The lowest BCUT2D eigenvalue weighted by Crippen LogP contribution is -2.53. The fraction of sp³-hybridized carbons (Fsp3) is 0.333. The largest absolute Gasteiger partial charge is 0.356 e. The number of piperazine rings is 1. The Morgan fingerprint density at radius 3 is 2.77 bits per heavy atom. The maximum atomic E-state index is 6.03. The third-order valence-corrected chi connectivity index (χ3v) is 5.17. The summed E-state index contributed by atoms with van der Waals surface area (Å²) in [6.45, 7) is 4.24. The van der Waals surface area contributed by atoms with E-state index >= 15 is 0 Å². The zero-order valence-corrected chi connectivity index (χ0v) is 17.6. The molecule has 156 valence electrons. The fourth-order valence-electron chi connectivity index (χ4n) is 3.40. The van der Waals surface area contributed by atoms with E-state index in [0.29, 0.717) is 29.7 Å². The Balaban J connectivity index is 1.27. The first-order valence-corrected chi connectivity index (χ1v) is 10.3. The van der Waals surface area contributed by atoms with Crippen molar-refractivity contribution in [3.8, 4) is 11.4 Å². The van der Waals surface area contributed by atoms with Crippen LogP contribution in [-0.4, -0.2) is 65.8 Å². The SMILES string of the molecule is CN=C(NCCc1nc(-c2cccc(Cl)c2)no1)N1CCN(c2ccccn2)CC1. The highest BCUT2D eigenvalue weighted by Gasteiger charge is 2.20. The summed E-state index contributed by atoms with van der Waals surface area (Å²) in [5, 5.41) is 8.09. The molecule has 0 radical (unpaired) electrons. The third kappa shape index (κ3) is 4.88. The molecule has 30 heavy (non-hydrogen) atoms. The van der Waals surface area contributed by atoms with Crippen LogP contribution in [0.25, 0.3) is 11.4 Å². The number of nitrogens with zero attached hydrogens (tertiary/aromatic N) is 6. The fourth-order valence-corrected chi connectivity index (χ4v) is 3.59. The van der Waals surface area contributed by atoms with Crippen LogP contribution in [0, 0.1) is 0 Å². The molecule has 1 aliphatic rings. The van der Waals surface area contributed by atoms with Gasteiger partial charge in [-0.2, -0.15) is 4.98 Å². The number of guanidine groups is 1. The van der Waals surface area contributed by atoms with Crippen LogP contribution < -0.4 is 10.2 Å². The number of halogens is 1. The normalized spacial score (nSPS) is 14.8. The van der Waals surface area contributed by atoms with Gasteiger partial charge in [-0.1, -0.05) is 35.0 Å². The number of aliphatic imine (C=N–C) groups is 1. The third-order valence-electron chi connectivity index (χ3n) is 4.94. The predicted octanol–water partition coefficient (Wildman–Crippen LogP) is 2.73. The first-order chi connectivity index (χ1) is 14.7. The molecule has 2 aromatic heterocycles. The maximum Gasteiger partial charge on any atom is 0.228 e. The van der Waals surface area contributed by atoms with Crippen LogP contribution in [0.15, 0.2) is 58.2 Å². The highest BCUT2D eigenvalue weighted by molar-refractivity contribution is 6.30. The summed E-state index contributed by atoms with van der Waals surface area (Å²) in [6, 6.07) is 13.4. The molecule has 8 nitrogen and oxygen atoms in total. The lowest BCUT2D eigenvalue weighted by atomic mass is 10.2. The van der Waals surface area contributed by atoms with Crippen molar-refractivity contribution >= 4 is 23.4 Å². The Kier molecular flexibility index (Phi) is 6.44. The van der Waals surface area contributed by atoms with E-state index in [2.05, 4.69) is 35.2 Å². The van der Waals surface area contributed by atoms with Crippen LogP contribution in [0.4, 0.5) is 5.82 Å². The van der Waals surface area contributed by atoms with Gasteiger partial charge in [-0.25, -0.2) is 4.98 Å². The number of benzene rings is 1. The molecular weight excluding hydrogens is 402 g/mol. The van der Waals surface area contributed by atoms with E-state index < -0.39 is 0 Å². The van der Waals surface area contributed by atoms with Crippen molar-refractivity contribution in [1.29, 1.82) is 0 Å². The molecule has 1 N–H and O–H groups in total. The molecule has 0 amide bonds. The van der Waals surface area contributed by atoms with Gasteiger partial charge in [0.1, 0.15) is 5.82 Å². The van der Waals surface area contributed by atoms with E-state index in [9.17, 15) is 0 Å². The van der Waals surface area contributed by atoms with Crippen molar-refractivity contribution in [3.63, 3.8) is 0 Å². The summed E-state index contributed by atoms with van der Waals surface area (Å²) in [4.78, 5) is 17.9. The number of anilines is 1. The molecule has 4 rings (SSSR count). The second-order valence-corrected chi connectivity index (χ2v) is 7.34. The Labute approximate surface area is 180 Å². The number of hydrogen-bond acceptors (Lipinski definition) is 6. The van der Waals surface area contributed by atoms with Gasteiger partial charge in [0.2, 0.25) is 11.7 Å². The molecule has 0 atom stereocenters. The molecule has 0 bridgehead atoms. The van der Waals surface area contributed by atoms with Gasteiger partial charge in [-0.05, 0) is 24.3 Å². The number of rotatable bonds is 5. The summed E-state index contributed by atoms with van der Waals surface area (Å²) in [7, 11) is 1.80. The van der Waals surface area contributed by atoms with Crippen molar-refractivity contribution in [2.75, 3.05) is 44.7 Å².